The number of urea groups is 1. The minimum Gasteiger partial charge on any atom is -0.336 e. The maximum atomic E-state index is 12.2. The lowest BCUT2D eigenvalue weighted by molar-refractivity contribution is -0.126. The molecular formula is C14H15N3O3S. The number of amides is 4. The predicted octanol–water partition coefficient (Wildman–Crippen LogP) is 0.880. The fourth-order valence-corrected chi connectivity index (χ4v) is 3.40. The number of carbonyl (C=O) groups excluding carboxylic acids is 3. The molecule has 0 bridgehead atoms. The zero-order valence-corrected chi connectivity index (χ0v) is 12.3. The Balaban J connectivity index is 1.66. The summed E-state index contributed by atoms with van der Waals surface area (Å²) in [6.07, 6.45) is 3.74. The van der Waals surface area contributed by atoms with Gasteiger partial charge in [-0.3, -0.25) is 14.9 Å². The van der Waals surface area contributed by atoms with Gasteiger partial charge in [0.2, 0.25) is 5.91 Å². The van der Waals surface area contributed by atoms with E-state index in [2.05, 4.69) is 10.6 Å². The number of likely N-dealkylation sites (tertiary alicyclic amines) is 1. The fraction of sp³-hybridized carbons (Fsp3) is 0.357. The van der Waals surface area contributed by atoms with Crippen LogP contribution in [0.3, 0.4) is 0 Å². The summed E-state index contributed by atoms with van der Waals surface area (Å²) >= 11 is 1.61. The molecule has 3 heterocycles. The smallest absolute Gasteiger partial charge is 0.322 e. The quantitative estimate of drug-likeness (QED) is 0.629. The summed E-state index contributed by atoms with van der Waals surface area (Å²) in [6, 6.07) is 3.47. The van der Waals surface area contributed by atoms with Crippen LogP contribution in [-0.2, 0) is 9.59 Å². The minimum absolute atomic E-state index is 0.146. The summed E-state index contributed by atoms with van der Waals surface area (Å²) in [5, 5.41) is 4.85. The number of hydrogen-bond donors (Lipinski definition) is 2. The Bertz CT molecular complexity index is 652. The third-order valence-electron chi connectivity index (χ3n) is 3.75. The van der Waals surface area contributed by atoms with Gasteiger partial charge in [-0.25, -0.2) is 4.79 Å². The average Bonchev–Trinajstić information content (AvgIpc) is 3.09. The second kappa shape index (κ2) is 5.00. The number of nitrogens with one attached hydrogen (secondary N) is 2. The van der Waals surface area contributed by atoms with Gasteiger partial charge in [0.25, 0.3) is 5.91 Å². The van der Waals surface area contributed by atoms with Crippen molar-refractivity contribution in [3.63, 3.8) is 0 Å². The van der Waals surface area contributed by atoms with Crippen LogP contribution < -0.4 is 10.6 Å². The molecule has 6 nitrogen and oxygen atoms in total. The van der Waals surface area contributed by atoms with E-state index in [1.165, 1.54) is 11.0 Å². The molecule has 1 unspecified atom stereocenters. The van der Waals surface area contributed by atoms with Gasteiger partial charge in [0, 0.05) is 22.4 Å². The lowest BCUT2D eigenvalue weighted by Crippen LogP contribution is -2.49. The zero-order chi connectivity index (χ0) is 15.0. The Morgan fingerprint density at radius 3 is 2.86 bits per heavy atom. The van der Waals surface area contributed by atoms with Gasteiger partial charge in [0.05, 0.1) is 6.54 Å². The Morgan fingerprint density at radius 2 is 2.24 bits per heavy atom. The Hall–Kier alpha value is -2.15. The van der Waals surface area contributed by atoms with E-state index in [4.69, 9.17) is 0 Å². The fourth-order valence-electron chi connectivity index (χ4n) is 2.62. The van der Waals surface area contributed by atoms with E-state index in [0.717, 1.165) is 4.88 Å². The van der Waals surface area contributed by atoms with Gasteiger partial charge in [0.1, 0.15) is 5.54 Å². The van der Waals surface area contributed by atoms with Crippen molar-refractivity contribution in [1.29, 1.82) is 0 Å². The summed E-state index contributed by atoms with van der Waals surface area (Å²) in [6.45, 7) is 2.69. The van der Waals surface area contributed by atoms with Crippen LogP contribution in [0.25, 0.3) is 6.08 Å². The molecule has 0 aromatic carbocycles. The molecule has 3 rings (SSSR count). The van der Waals surface area contributed by atoms with Crippen molar-refractivity contribution in [1.82, 2.24) is 15.5 Å². The van der Waals surface area contributed by atoms with Crippen LogP contribution in [0.2, 0.25) is 0 Å². The summed E-state index contributed by atoms with van der Waals surface area (Å²) in [4.78, 5) is 39.0. The third-order valence-corrected chi connectivity index (χ3v) is 4.71. The Labute approximate surface area is 125 Å². The van der Waals surface area contributed by atoms with Crippen LogP contribution >= 0.6 is 11.3 Å². The standard InChI is InChI=1S/C14H15N3O3S/c1-9-2-3-10(21-9)4-5-11(18)17-7-6-14(8-17)12(19)15-13(20)16-14/h2-5H,6-8H2,1H3,(H2,15,16,19,20)/b5-4+. The second-order valence-electron chi connectivity index (χ2n) is 5.28. The maximum absolute atomic E-state index is 12.2. The molecule has 2 N–H and O–H groups in total. The molecule has 2 saturated heterocycles. The monoisotopic (exact) mass is 305 g/mol. The van der Waals surface area contributed by atoms with E-state index in [1.54, 1.807) is 22.3 Å². The highest BCUT2D eigenvalue weighted by Gasteiger charge is 2.51. The molecule has 2 fully saturated rings. The number of thiophene rings is 1. The maximum Gasteiger partial charge on any atom is 0.322 e. The summed E-state index contributed by atoms with van der Waals surface area (Å²) in [7, 11) is 0. The first-order chi connectivity index (χ1) is 9.98. The number of aryl methyl sites for hydroxylation is 1. The van der Waals surface area contributed by atoms with Crippen LogP contribution in [0.15, 0.2) is 18.2 Å². The van der Waals surface area contributed by atoms with Gasteiger partial charge in [-0.15, -0.1) is 11.3 Å². The molecule has 0 aliphatic carbocycles. The molecule has 2 aliphatic heterocycles. The van der Waals surface area contributed by atoms with E-state index >= 15 is 0 Å². The Morgan fingerprint density at radius 1 is 1.43 bits per heavy atom. The van der Waals surface area contributed by atoms with E-state index < -0.39 is 11.6 Å². The van der Waals surface area contributed by atoms with Crippen molar-refractivity contribution in [3.05, 3.63) is 28.0 Å². The minimum atomic E-state index is -0.944. The second-order valence-corrected chi connectivity index (χ2v) is 6.60. The normalized spacial score (nSPS) is 24.9. The van der Waals surface area contributed by atoms with Crippen LogP contribution in [0.4, 0.5) is 4.79 Å². The van der Waals surface area contributed by atoms with Crippen molar-refractivity contribution in [3.8, 4) is 0 Å². The van der Waals surface area contributed by atoms with Crippen LogP contribution in [-0.4, -0.2) is 41.4 Å². The van der Waals surface area contributed by atoms with Crippen molar-refractivity contribution in [2.75, 3.05) is 13.1 Å². The molecule has 7 heteroatoms. The van der Waals surface area contributed by atoms with Gasteiger partial charge >= 0.3 is 6.03 Å². The largest absolute Gasteiger partial charge is 0.336 e. The summed E-state index contributed by atoms with van der Waals surface area (Å²) in [5.41, 5.74) is -0.944. The van der Waals surface area contributed by atoms with Gasteiger partial charge in [-0.2, -0.15) is 0 Å². The van der Waals surface area contributed by atoms with Gasteiger partial charge in [0.15, 0.2) is 0 Å². The van der Waals surface area contributed by atoms with E-state index in [9.17, 15) is 14.4 Å². The topological polar surface area (TPSA) is 78.5 Å². The van der Waals surface area contributed by atoms with Gasteiger partial charge in [-0.05, 0) is 31.6 Å². The first kappa shape index (κ1) is 13.8. The molecule has 1 spiro atoms. The highest BCUT2D eigenvalue weighted by Crippen LogP contribution is 2.25. The van der Waals surface area contributed by atoms with Crippen molar-refractivity contribution in [2.24, 2.45) is 0 Å². The number of carbonyl (C=O) groups is 3. The first-order valence-corrected chi connectivity index (χ1v) is 7.47. The van der Waals surface area contributed by atoms with E-state index in [0.29, 0.717) is 13.0 Å². The summed E-state index contributed by atoms with van der Waals surface area (Å²) in [5.74, 6) is -0.493. The van der Waals surface area contributed by atoms with Gasteiger partial charge in [-0.1, -0.05) is 0 Å². The molecule has 0 saturated carbocycles. The lowest BCUT2D eigenvalue weighted by Gasteiger charge is -2.20. The van der Waals surface area contributed by atoms with E-state index in [-0.39, 0.29) is 18.4 Å². The molecule has 0 radical (unpaired) electrons. The molecule has 110 valence electrons. The molecule has 1 atom stereocenters. The van der Waals surface area contributed by atoms with E-state index in [1.807, 2.05) is 19.1 Å². The lowest BCUT2D eigenvalue weighted by atomic mass is 10.00. The molecular weight excluding hydrogens is 290 g/mol. The number of nitrogens with zero attached hydrogens (tertiary/aromatic N) is 1. The van der Waals surface area contributed by atoms with Crippen molar-refractivity contribution < 1.29 is 14.4 Å². The molecule has 1 aromatic rings. The highest BCUT2D eigenvalue weighted by atomic mass is 32.1. The molecule has 4 amide bonds. The molecule has 2 aliphatic rings. The highest BCUT2D eigenvalue weighted by molar-refractivity contribution is 7.12. The average molecular weight is 305 g/mol. The summed E-state index contributed by atoms with van der Waals surface area (Å²) < 4.78 is 0. The zero-order valence-electron chi connectivity index (χ0n) is 11.5. The Kier molecular flexibility index (Phi) is 3.29. The first-order valence-electron chi connectivity index (χ1n) is 6.66. The molecule has 1 aromatic heterocycles. The SMILES string of the molecule is Cc1ccc(/C=C/C(=O)N2CCC3(C2)NC(=O)NC3=O)s1. The van der Waals surface area contributed by atoms with Crippen LogP contribution in [0.5, 0.6) is 0 Å². The number of imide groups is 1. The predicted molar refractivity (Wildman–Crippen MR) is 78.7 cm³/mol. The van der Waals surface area contributed by atoms with Crippen LogP contribution in [0, 0.1) is 6.92 Å². The number of rotatable bonds is 2. The van der Waals surface area contributed by atoms with Crippen molar-refractivity contribution >= 4 is 35.3 Å². The third kappa shape index (κ3) is 2.56. The van der Waals surface area contributed by atoms with Gasteiger partial charge < -0.3 is 10.2 Å². The number of hydrogen-bond acceptors (Lipinski definition) is 4. The van der Waals surface area contributed by atoms with Crippen molar-refractivity contribution in [2.45, 2.75) is 18.9 Å². The van der Waals surface area contributed by atoms with Crippen LogP contribution in [0.1, 0.15) is 16.2 Å². The molecule has 21 heavy (non-hydrogen) atoms.